The van der Waals surface area contributed by atoms with Gasteiger partial charge in [0.25, 0.3) is 0 Å². The average Bonchev–Trinajstić information content (AvgIpc) is 2.38. The monoisotopic (exact) mass is 241 g/mol. The summed E-state index contributed by atoms with van der Waals surface area (Å²) in [5.74, 6) is -0.0494. The molecule has 0 aliphatic carbocycles. The molecule has 98 valence electrons. The summed E-state index contributed by atoms with van der Waals surface area (Å²) in [5.41, 5.74) is -0.318. The number of nitrogens with zero attached hydrogens (tertiary/aromatic N) is 1. The fourth-order valence-corrected chi connectivity index (χ4v) is 2.37. The van der Waals surface area contributed by atoms with Crippen LogP contribution in [0.2, 0.25) is 0 Å². The average molecular weight is 241 g/mol. The van der Waals surface area contributed by atoms with Gasteiger partial charge in [-0.05, 0) is 25.8 Å². The van der Waals surface area contributed by atoms with Crippen LogP contribution >= 0.6 is 0 Å². The molecule has 1 unspecified atom stereocenters. The lowest BCUT2D eigenvalue weighted by molar-refractivity contribution is -0.144. The van der Waals surface area contributed by atoms with Gasteiger partial charge in [0.15, 0.2) is 0 Å². The van der Waals surface area contributed by atoms with Crippen molar-refractivity contribution in [1.82, 2.24) is 15.5 Å². The summed E-state index contributed by atoms with van der Waals surface area (Å²) in [5, 5.41) is 5.82. The summed E-state index contributed by atoms with van der Waals surface area (Å²) < 4.78 is 0. The molecule has 0 aromatic carbocycles. The molecular formula is C12H23N3O2. The molecular weight excluding hydrogens is 218 g/mol. The zero-order chi connectivity index (χ0) is 12.9. The Kier molecular flexibility index (Phi) is 4.93. The van der Waals surface area contributed by atoms with Crippen molar-refractivity contribution in [2.24, 2.45) is 5.41 Å². The maximum absolute atomic E-state index is 12.4. The first-order valence-electron chi connectivity index (χ1n) is 6.22. The molecule has 5 nitrogen and oxygen atoms in total. The zero-order valence-electron chi connectivity index (χ0n) is 11.0. The third-order valence-electron chi connectivity index (χ3n) is 3.61. The summed E-state index contributed by atoms with van der Waals surface area (Å²) in [6, 6.07) is 0. The fourth-order valence-electron chi connectivity index (χ4n) is 2.37. The van der Waals surface area contributed by atoms with Crippen LogP contribution in [-0.4, -0.2) is 50.4 Å². The third kappa shape index (κ3) is 3.19. The lowest BCUT2D eigenvalue weighted by Gasteiger charge is -2.38. The summed E-state index contributed by atoms with van der Waals surface area (Å²) in [6.07, 6.45) is 2.75. The molecule has 1 aliphatic heterocycles. The normalized spacial score (nSPS) is 24.2. The highest BCUT2D eigenvalue weighted by atomic mass is 16.2. The van der Waals surface area contributed by atoms with E-state index >= 15 is 0 Å². The van der Waals surface area contributed by atoms with Crippen LogP contribution in [0.5, 0.6) is 0 Å². The highest BCUT2D eigenvalue weighted by molar-refractivity contribution is 5.87. The molecule has 0 aromatic rings. The van der Waals surface area contributed by atoms with Crippen LogP contribution in [0, 0.1) is 5.41 Å². The van der Waals surface area contributed by atoms with Crippen LogP contribution in [0.25, 0.3) is 0 Å². The van der Waals surface area contributed by atoms with Crippen LogP contribution in [0.3, 0.4) is 0 Å². The first kappa shape index (κ1) is 14.0. The largest absolute Gasteiger partial charge is 0.358 e. The van der Waals surface area contributed by atoms with E-state index in [2.05, 4.69) is 10.6 Å². The highest BCUT2D eigenvalue weighted by Crippen LogP contribution is 2.31. The van der Waals surface area contributed by atoms with E-state index in [0.29, 0.717) is 0 Å². The lowest BCUT2D eigenvalue weighted by Crippen LogP contribution is -2.52. The van der Waals surface area contributed by atoms with Crippen molar-refractivity contribution in [1.29, 1.82) is 0 Å². The Hall–Kier alpha value is -1.10. The highest BCUT2D eigenvalue weighted by Gasteiger charge is 2.39. The molecule has 5 heteroatoms. The quantitative estimate of drug-likeness (QED) is 0.726. The summed E-state index contributed by atoms with van der Waals surface area (Å²) >= 11 is 0. The van der Waals surface area contributed by atoms with Gasteiger partial charge >= 0.3 is 0 Å². The summed E-state index contributed by atoms with van der Waals surface area (Å²) in [7, 11) is 3.28. The molecule has 0 aromatic heterocycles. The second-order valence-electron chi connectivity index (χ2n) is 4.75. The Bertz CT molecular complexity index is 285. The van der Waals surface area contributed by atoms with Crippen LogP contribution in [-0.2, 0) is 9.59 Å². The molecule has 1 fully saturated rings. The Labute approximate surface area is 103 Å². The first-order valence-corrected chi connectivity index (χ1v) is 6.22. The Morgan fingerprint density at radius 3 is 2.65 bits per heavy atom. The minimum atomic E-state index is -0.318. The predicted octanol–water partition coefficient (Wildman–Crippen LogP) is -0.0294. The number of hydrogen-bond acceptors (Lipinski definition) is 3. The zero-order valence-corrected chi connectivity index (χ0v) is 11.0. The van der Waals surface area contributed by atoms with Gasteiger partial charge in [0.1, 0.15) is 0 Å². The maximum Gasteiger partial charge on any atom is 0.239 e. The number of rotatable bonds is 4. The number of likely N-dealkylation sites (N-methyl/N-ethyl adjacent to an activating group) is 2. The SMILES string of the molecule is CCC1(C(=O)N(C)CC(=O)NC)CCCNC1. The van der Waals surface area contributed by atoms with Gasteiger partial charge in [-0.1, -0.05) is 6.92 Å². The molecule has 0 spiro atoms. The molecule has 17 heavy (non-hydrogen) atoms. The number of carbonyl (C=O) groups is 2. The Morgan fingerprint density at radius 2 is 2.18 bits per heavy atom. The van der Waals surface area contributed by atoms with Crippen molar-refractivity contribution in [2.75, 3.05) is 33.7 Å². The topological polar surface area (TPSA) is 61.4 Å². The number of amides is 2. The predicted molar refractivity (Wildman–Crippen MR) is 66.5 cm³/mol. The Balaban J connectivity index is 2.67. The lowest BCUT2D eigenvalue weighted by atomic mass is 9.77. The van der Waals surface area contributed by atoms with Crippen molar-refractivity contribution < 1.29 is 9.59 Å². The Morgan fingerprint density at radius 1 is 1.47 bits per heavy atom. The minimum Gasteiger partial charge on any atom is -0.358 e. The molecule has 1 saturated heterocycles. The van der Waals surface area contributed by atoms with E-state index in [4.69, 9.17) is 0 Å². The second-order valence-corrected chi connectivity index (χ2v) is 4.75. The third-order valence-corrected chi connectivity index (χ3v) is 3.61. The standard InChI is InChI=1S/C12H23N3O2/c1-4-12(6-5-7-14-9-12)11(17)15(3)8-10(16)13-2/h14H,4-9H2,1-3H3,(H,13,16). The van der Waals surface area contributed by atoms with Gasteiger partial charge in [0.2, 0.25) is 11.8 Å². The van der Waals surface area contributed by atoms with Crippen molar-refractivity contribution in [3.8, 4) is 0 Å². The molecule has 1 rings (SSSR count). The van der Waals surface area contributed by atoms with Crippen LogP contribution < -0.4 is 10.6 Å². The molecule has 0 bridgehead atoms. The van der Waals surface area contributed by atoms with Gasteiger partial charge in [0, 0.05) is 20.6 Å². The van der Waals surface area contributed by atoms with Gasteiger partial charge in [0.05, 0.1) is 12.0 Å². The van der Waals surface area contributed by atoms with E-state index in [9.17, 15) is 9.59 Å². The molecule has 2 N–H and O–H groups in total. The van der Waals surface area contributed by atoms with Crippen LogP contribution in [0.1, 0.15) is 26.2 Å². The van der Waals surface area contributed by atoms with E-state index in [1.807, 2.05) is 6.92 Å². The molecule has 0 saturated carbocycles. The molecule has 0 radical (unpaired) electrons. The van der Waals surface area contributed by atoms with Crippen molar-refractivity contribution >= 4 is 11.8 Å². The molecule has 1 heterocycles. The van der Waals surface area contributed by atoms with Crippen molar-refractivity contribution in [2.45, 2.75) is 26.2 Å². The van der Waals surface area contributed by atoms with Crippen LogP contribution in [0.4, 0.5) is 0 Å². The number of piperidine rings is 1. The minimum absolute atomic E-state index is 0.0794. The van der Waals surface area contributed by atoms with E-state index in [1.54, 1.807) is 14.1 Å². The smallest absolute Gasteiger partial charge is 0.239 e. The fraction of sp³-hybridized carbons (Fsp3) is 0.833. The number of carbonyl (C=O) groups excluding carboxylic acids is 2. The molecule has 1 aliphatic rings. The van der Waals surface area contributed by atoms with E-state index < -0.39 is 0 Å². The van der Waals surface area contributed by atoms with Gasteiger partial charge in [-0.2, -0.15) is 0 Å². The van der Waals surface area contributed by atoms with Gasteiger partial charge < -0.3 is 15.5 Å². The van der Waals surface area contributed by atoms with E-state index in [-0.39, 0.29) is 23.8 Å². The van der Waals surface area contributed by atoms with Gasteiger partial charge in [-0.15, -0.1) is 0 Å². The van der Waals surface area contributed by atoms with Crippen molar-refractivity contribution in [3.63, 3.8) is 0 Å². The summed E-state index contributed by atoms with van der Waals surface area (Å²) in [4.78, 5) is 25.2. The van der Waals surface area contributed by atoms with Gasteiger partial charge in [-0.3, -0.25) is 9.59 Å². The maximum atomic E-state index is 12.4. The summed E-state index contributed by atoms with van der Waals surface area (Å²) in [6.45, 7) is 3.88. The van der Waals surface area contributed by atoms with Crippen molar-refractivity contribution in [3.05, 3.63) is 0 Å². The second kappa shape index (κ2) is 6.00. The van der Waals surface area contributed by atoms with E-state index in [0.717, 1.165) is 32.4 Å². The number of hydrogen-bond donors (Lipinski definition) is 2. The van der Waals surface area contributed by atoms with E-state index in [1.165, 1.54) is 4.90 Å². The van der Waals surface area contributed by atoms with Gasteiger partial charge in [-0.25, -0.2) is 0 Å². The van der Waals surface area contributed by atoms with Crippen LogP contribution in [0.15, 0.2) is 0 Å². The molecule has 2 amide bonds. The molecule has 1 atom stereocenters. The number of nitrogens with one attached hydrogen (secondary N) is 2. The first-order chi connectivity index (χ1) is 8.05.